The number of nitrogens with zero attached hydrogens (tertiary/aromatic N) is 15. The molecule has 0 bridgehead atoms. The number of nitrogen functional groups attached to an aromatic ring is 2. The maximum absolute atomic E-state index is 12.3. The highest BCUT2D eigenvalue weighted by molar-refractivity contribution is 5.90. The van der Waals surface area contributed by atoms with Gasteiger partial charge in [0.15, 0.2) is 28.0 Å². The van der Waals surface area contributed by atoms with Crippen molar-refractivity contribution < 1.29 is 47.3 Å². The van der Waals surface area contributed by atoms with Gasteiger partial charge in [-0.25, -0.2) is 29.7 Å². The number of likely N-dealkylation sites (N-methyl/N-ethyl adjacent to an activating group) is 3. The number of oxazole rings is 3. The number of aliphatic hydroxyl groups excluding tert-OH is 2. The van der Waals surface area contributed by atoms with Crippen molar-refractivity contribution in [1.82, 2.24) is 60.1 Å². The highest BCUT2D eigenvalue weighted by Crippen LogP contribution is 2.28. The second-order valence-corrected chi connectivity index (χ2v) is 25.2. The molecule has 0 aliphatic carbocycles. The summed E-state index contributed by atoms with van der Waals surface area (Å²) in [5.41, 5.74) is 33.3. The van der Waals surface area contributed by atoms with Crippen molar-refractivity contribution in [3.63, 3.8) is 0 Å². The summed E-state index contributed by atoms with van der Waals surface area (Å²) in [7, 11) is 5.72. The number of aromatic nitrogens is 11. The van der Waals surface area contributed by atoms with Crippen LogP contribution in [0.3, 0.4) is 0 Å². The molecule has 0 aliphatic rings. The molecule has 0 saturated carbocycles. The van der Waals surface area contributed by atoms with E-state index < -0.39 is 6.09 Å². The summed E-state index contributed by atoms with van der Waals surface area (Å²) in [6.07, 6.45) is 7.06. The molecule has 31 nitrogen and oxygen atoms in total. The average Bonchev–Trinajstić information content (AvgIpc) is 1.73. The summed E-state index contributed by atoms with van der Waals surface area (Å²) in [5, 5.41) is 47.9. The van der Waals surface area contributed by atoms with Crippen molar-refractivity contribution in [3.05, 3.63) is 263 Å². The molecule has 15 rings (SSSR count). The number of allylic oxidation sites excluding steroid dienone is 2. The van der Waals surface area contributed by atoms with Gasteiger partial charge in [0.25, 0.3) is 0 Å². The zero-order valence-electron chi connectivity index (χ0n) is 62.7. The molecule has 0 unspecified atom stereocenters. The summed E-state index contributed by atoms with van der Waals surface area (Å²) in [4.78, 5) is 71.6. The lowest BCUT2D eigenvalue weighted by molar-refractivity contribution is 0.112. The summed E-state index contributed by atoms with van der Waals surface area (Å²) in [6, 6.07) is 66.7. The van der Waals surface area contributed by atoms with Gasteiger partial charge in [-0.05, 0) is 130 Å². The minimum Gasteiger partial charge on any atom is -0.471 e. The minimum atomic E-state index is -0.505. The Kier molecular flexibility index (Phi) is 28.3. The fourth-order valence-corrected chi connectivity index (χ4v) is 11.0. The first kappa shape index (κ1) is 80.6. The number of imidazole rings is 2. The summed E-state index contributed by atoms with van der Waals surface area (Å²) in [6.45, 7) is 3.60. The molecule has 0 radical (unpaired) electrons. The zero-order chi connectivity index (χ0) is 80.8. The molecule has 0 aliphatic heterocycles. The van der Waals surface area contributed by atoms with Gasteiger partial charge in [-0.2, -0.15) is 35.7 Å². The second-order valence-electron chi connectivity index (χ2n) is 25.2. The normalized spacial score (nSPS) is 10.9. The number of nitriles is 3. The summed E-state index contributed by atoms with van der Waals surface area (Å²) in [5.74, 6) is 2.03. The van der Waals surface area contributed by atoms with E-state index >= 15 is 0 Å². The van der Waals surface area contributed by atoms with Crippen molar-refractivity contribution >= 4 is 120 Å². The van der Waals surface area contributed by atoms with Crippen molar-refractivity contribution in [2.75, 3.05) is 86.8 Å². The van der Waals surface area contributed by atoms with E-state index in [1.165, 1.54) is 12.7 Å². The number of hydrogen-bond acceptors (Lipinski definition) is 28. The Balaban J connectivity index is 0.000000157. The van der Waals surface area contributed by atoms with Crippen LogP contribution in [0.2, 0.25) is 0 Å². The lowest BCUT2D eigenvalue weighted by Crippen LogP contribution is -2.28. The molecule has 580 valence electrons. The SMILES string of the molecule is CN(CCO)c1ccc(/C=C(\C#N)c2nc3ccccc3o2)cc1.CN(CCO)c1ccc(C=O)cc1.CN(CCOC(=O)NCc1ccc(COc2nc(N)nc3nc[nH]c23)cc1)c1ccc(/C=C(\C#N)c2nc3ccccc3o2)cc1.N#CCc1nc2ccccc2o1.NCc1ccc(COc2nc(N)nc3nc[nH]c23)cc1. The molecule has 15 aromatic rings. The molecule has 11 N–H and O–H groups in total. The number of aliphatic hydroxyl groups is 2. The molecule has 1 amide bonds. The second kappa shape index (κ2) is 40.4. The van der Waals surface area contributed by atoms with Gasteiger partial charge in [0, 0.05) is 69.9 Å². The largest absolute Gasteiger partial charge is 0.471 e. The number of aromatic amines is 2. The topological polar surface area (TPSA) is 460 Å². The Bertz CT molecular complexity index is 5800. The van der Waals surface area contributed by atoms with Gasteiger partial charge in [0.05, 0.1) is 38.5 Å². The third-order valence-electron chi connectivity index (χ3n) is 17.2. The predicted molar refractivity (Wildman–Crippen MR) is 437 cm³/mol. The molecule has 115 heavy (non-hydrogen) atoms. The van der Waals surface area contributed by atoms with Gasteiger partial charge < -0.3 is 84.9 Å². The quantitative estimate of drug-likeness (QED) is 0.0195. The van der Waals surface area contributed by atoms with Crippen LogP contribution < -0.4 is 46.7 Å². The van der Waals surface area contributed by atoms with Crippen molar-refractivity contribution in [3.8, 4) is 30.0 Å². The van der Waals surface area contributed by atoms with Crippen molar-refractivity contribution in [2.24, 2.45) is 5.73 Å². The number of ether oxygens (including phenoxy) is 3. The van der Waals surface area contributed by atoms with Crippen LogP contribution >= 0.6 is 0 Å². The monoisotopic (exact) mass is 1540 g/mol. The van der Waals surface area contributed by atoms with Gasteiger partial charge in [-0.1, -0.05) is 109 Å². The number of carbonyl (C=O) groups excluding carboxylic acids is 2. The van der Waals surface area contributed by atoms with E-state index in [0.29, 0.717) is 119 Å². The van der Waals surface area contributed by atoms with Crippen LogP contribution in [0.15, 0.2) is 220 Å². The first-order valence-corrected chi connectivity index (χ1v) is 35.8. The molecule has 0 fully saturated rings. The number of anilines is 5. The Hall–Kier alpha value is -15.4. The fraction of sp³-hybridized carbons (Fsp3) is 0.167. The Morgan fingerprint density at radius 2 is 0.922 bits per heavy atom. The molecule has 0 spiro atoms. The first-order chi connectivity index (χ1) is 56.1. The molecule has 7 heterocycles. The summed E-state index contributed by atoms with van der Waals surface area (Å²) >= 11 is 0. The number of aldehydes is 1. The van der Waals surface area contributed by atoms with Crippen LogP contribution in [-0.2, 0) is 37.5 Å². The van der Waals surface area contributed by atoms with Gasteiger partial charge >= 0.3 is 6.09 Å². The minimum absolute atomic E-state index is 0.0851. The van der Waals surface area contributed by atoms with Crippen LogP contribution in [0.1, 0.15) is 61.4 Å². The zero-order valence-corrected chi connectivity index (χ0v) is 62.7. The number of amides is 1. The molecule has 31 heteroatoms. The average molecular weight is 1540 g/mol. The van der Waals surface area contributed by atoms with E-state index in [0.717, 1.165) is 73.3 Å². The molecule has 8 aromatic carbocycles. The summed E-state index contributed by atoms with van der Waals surface area (Å²) < 4.78 is 33.5. The van der Waals surface area contributed by atoms with Gasteiger partial charge in [0.2, 0.25) is 41.3 Å². The van der Waals surface area contributed by atoms with Crippen LogP contribution in [-0.4, -0.2) is 138 Å². The molecule has 0 atom stereocenters. The number of hydrogen-bond donors (Lipinski definition) is 8. The van der Waals surface area contributed by atoms with Crippen LogP contribution in [0, 0.1) is 34.0 Å². The molecule has 0 saturated heterocycles. The maximum atomic E-state index is 12.3. The van der Waals surface area contributed by atoms with Gasteiger partial charge in [-0.3, -0.25) is 4.79 Å². The number of rotatable bonds is 25. The van der Waals surface area contributed by atoms with Crippen molar-refractivity contribution in [1.29, 1.82) is 15.8 Å². The number of fused-ring (bicyclic) bond motifs is 5. The molecule has 7 aromatic heterocycles. The van der Waals surface area contributed by atoms with E-state index in [2.05, 4.69) is 72.3 Å². The van der Waals surface area contributed by atoms with E-state index in [4.69, 9.17) is 60.1 Å². The Labute approximate surface area is 658 Å². The fourth-order valence-electron chi connectivity index (χ4n) is 11.0. The lowest BCUT2D eigenvalue weighted by atomic mass is 10.1. The Morgan fingerprint density at radius 3 is 1.33 bits per heavy atom. The number of nitrogens with one attached hydrogen (secondary N) is 3. The maximum Gasteiger partial charge on any atom is 0.407 e. The van der Waals surface area contributed by atoms with E-state index in [1.54, 1.807) is 24.3 Å². The van der Waals surface area contributed by atoms with Crippen LogP contribution in [0.5, 0.6) is 11.8 Å². The highest BCUT2D eigenvalue weighted by atomic mass is 16.5. The van der Waals surface area contributed by atoms with Gasteiger partial charge in [0.1, 0.15) is 83.4 Å². The number of benzene rings is 8. The van der Waals surface area contributed by atoms with E-state index in [9.17, 15) is 20.1 Å². The van der Waals surface area contributed by atoms with E-state index in [-0.39, 0.29) is 50.6 Å². The smallest absolute Gasteiger partial charge is 0.407 e. The van der Waals surface area contributed by atoms with Gasteiger partial charge in [-0.15, -0.1) is 0 Å². The number of carbonyl (C=O) groups is 2. The molecular formula is C84H79N21O10. The van der Waals surface area contributed by atoms with E-state index in [1.807, 2.05) is 224 Å². The van der Waals surface area contributed by atoms with Crippen LogP contribution in [0.25, 0.3) is 78.9 Å². The number of para-hydroxylation sites is 6. The number of alkyl carbamates (subject to hydrolysis) is 1. The molecular weight excluding hydrogens is 1460 g/mol. The predicted octanol–water partition coefficient (Wildman–Crippen LogP) is 12.2. The number of H-pyrrole nitrogens is 2. The third-order valence-corrected chi connectivity index (χ3v) is 17.2. The first-order valence-electron chi connectivity index (χ1n) is 35.8. The number of nitrogens with two attached hydrogens (primary N) is 3. The van der Waals surface area contributed by atoms with Crippen molar-refractivity contribution in [2.45, 2.75) is 32.7 Å². The third kappa shape index (κ3) is 22.7. The Morgan fingerprint density at radius 1 is 0.513 bits per heavy atom. The highest BCUT2D eigenvalue weighted by Gasteiger charge is 2.16. The lowest BCUT2D eigenvalue weighted by Gasteiger charge is -2.19. The standard InChI is InChI=1S/C33H29N9O4.C19H17N3O2.C13H14N6O.C10H13NO2.C9H6N2O/c1-42(25-12-10-21(11-13-25)16-24(17-34)30-39-26-4-2-3-5-27(26)46-30)14-15-44-33(43)36-18-22-6-8-23(9-7-22)19-45-31-28-29(38-20-37-28)40-32(35)41-31;1-22(10-11-23)16-8-6-14(7-9-16)12-15(13-20)19-21-17-4-2-3-5-18(17)24-19;14-5-8-1-3-9(4-2-8)6-20-12-10-11(17-7-16-10)18-13(15)19-12;1-11(6-7-12)10-4-2-9(8-13)3-5-10;10-6-5-9-11-7-3-1-2-4-8(7)12-9/h2-13,16,20H,14-15,18-19H2,1H3,(H,36,43)(H3,35,37,38,40,41);2-9,12,23H,10-11H2,1H3;1-4,7H,5-6,14H2,(H3,15,16,17,18,19);2-5,8,12H,6-7H2,1H3;1-4H,5H2/b24-16+;15-12+;;;. The van der Waals surface area contributed by atoms with Crippen LogP contribution in [0.4, 0.5) is 33.8 Å².